The van der Waals surface area contributed by atoms with Crippen LogP contribution in [0.1, 0.15) is 44.5 Å². The van der Waals surface area contributed by atoms with Crippen LogP contribution in [-0.4, -0.2) is 49.2 Å². The van der Waals surface area contributed by atoms with Gasteiger partial charge in [-0.2, -0.15) is 0 Å². The molecule has 2 rings (SSSR count). The zero-order valence-electron chi connectivity index (χ0n) is 13.2. The van der Waals surface area contributed by atoms with Gasteiger partial charge in [0, 0.05) is 43.3 Å². The fourth-order valence-corrected chi connectivity index (χ4v) is 3.80. The minimum Gasteiger partial charge on any atom is -0.348 e. The number of piperidine rings is 1. The molecule has 5 heteroatoms. The second kappa shape index (κ2) is 7.38. The van der Waals surface area contributed by atoms with Crippen LogP contribution < -0.4 is 10.2 Å². The average Bonchev–Trinajstić information content (AvgIpc) is 2.97. The molecule has 0 saturated carbocycles. The lowest BCUT2D eigenvalue weighted by atomic mass is 10.0. The van der Waals surface area contributed by atoms with Gasteiger partial charge in [-0.1, -0.05) is 13.8 Å². The van der Waals surface area contributed by atoms with Gasteiger partial charge in [0.25, 0.3) is 0 Å². The molecule has 0 aliphatic carbocycles. The minimum absolute atomic E-state index is 0.404. The molecule has 1 atom stereocenters. The van der Waals surface area contributed by atoms with E-state index < -0.39 is 0 Å². The molecular weight excluding hydrogens is 268 g/mol. The highest BCUT2D eigenvalue weighted by Crippen LogP contribution is 2.29. The Balaban J connectivity index is 1.94. The van der Waals surface area contributed by atoms with Crippen molar-refractivity contribution in [1.82, 2.24) is 15.2 Å². The van der Waals surface area contributed by atoms with Crippen molar-refractivity contribution < 1.29 is 0 Å². The molecule has 2 heterocycles. The van der Waals surface area contributed by atoms with Crippen molar-refractivity contribution in [3.05, 3.63) is 11.1 Å². The van der Waals surface area contributed by atoms with Gasteiger partial charge in [-0.3, -0.25) is 0 Å². The number of hydrogen-bond acceptors (Lipinski definition) is 5. The number of anilines is 1. The Morgan fingerprint density at radius 3 is 2.75 bits per heavy atom. The van der Waals surface area contributed by atoms with Crippen LogP contribution >= 0.6 is 11.3 Å². The van der Waals surface area contributed by atoms with Crippen LogP contribution in [0.25, 0.3) is 0 Å². The lowest BCUT2D eigenvalue weighted by Gasteiger charge is -2.36. The maximum Gasteiger partial charge on any atom is 0.185 e. The third kappa shape index (κ3) is 3.71. The van der Waals surface area contributed by atoms with Gasteiger partial charge in [0.1, 0.15) is 0 Å². The first-order chi connectivity index (χ1) is 9.65. The Bertz CT molecular complexity index is 398. The highest BCUT2D eigenvalue weighted by Gasteiger charge is 2.23. The van der Waals surface area contributed by atoms with Crippen LogP contribution in [0.5, 0.6) is 0 Å². The van der Waals surface area contributed by atoms with Gasteiger partial charge >= 0.3 is 0 Å². The van der Waals surface area contributed by atoms with Gasteiger partial charge in [-0.05, 0) is 32.9 Å². The number of likely N-dealkylation sites (tertiary alicyclic amines) is 1. The molecule has 0 radical (unpaired) electrons. The molecule has 1 aliphatic heterocycles. The number of nitrogens with one attached hydrogen (secondary N) is 1. The predicted octanol–water partition coefficient (Wildman–Crippen LogP) is 2.73. The largest absolute Gasteiger partial charge is 0.348 e. The van der Waals surface area contributed by atoms with Crippen molar-refractivity contribution in [2.24, 2.45) is 0 Å². The second-order valence-corrected chi connectivity index (χ2v) is 6.64. The van der Waals surface area contributed by atoms with E-state index in [1.807, 2.05) is 17.5 Å². The van der Waals surface area contributed by atoms with Crippen molar-refractivity contribution in [2.45, 2.75) is 45.7 Å². The van der Waals surface area contributed by atoms with Crippen molar-refractivity contribution in [3.63, 3.8) is 0 Å². The molecule has 114 valence electrons. The van der Waals surface area contributed by atoms with Crippen LogP contribution in [-0.2, 0) is 0 Å². The average molecular weight is 296 g/mol. The van der Waals surface area contributed by atoms with Gasteiger partial charge in [0.05, 0.1) is 0 Å². The summed E-state index contributed by atoms with van der Waals surface area (Å²) in [5.41, 5.74) is 0. The molecule has 1 aromatic rings. The van der Waals surface area contributed by atoms with Crippen LogP contribution in [0, 0.1) is 0 Å². The van der Waals surface area contributed by atoms with Crippen LogP contribution in [0.2, 0.25) is 0 Å². The van der Waals surface area contributed by atoms with Gasteiger partial charge in [-0.25, -0.2) is 4.98 Å². The monoisotopic (exact) mass is 296 g/mol. The van der Waals surface area contributed by atoms with Crippen LogP contribution in [0.3, 0.4) is 0 Å². The molecule has 0 aromatic carbocycles. The number of nitrogens with zero attached hydrogens (tertiary/aromatic N) is 3. The van der Waals surface area contributed by atoms with E-state index in [-0.39, 0.29) is 0 Å². The topological polar surface area (TPSA) is 31.4 Å². The first-order valence-electron chi connectivity index (χ1n) is 7.80. The Hall–Kier alpha value is -0.650. The summed E-state index contributed by atoms with van der Waals surface area (Å²) in [4.78, 5) is 10.9. The molecule has 0 amide bonds. The van der Waals surface area contributed by atoms with Crippen LogP contribution in [0.15, 0.2) is 6.20 Å². The molecule has 0 bridgehead atoms. The summed E-state index contributed by atoms with van der Waals surface area (Å²) < 4.78 is 0. The fourth-order valence-electron chi connectivity index (χ4n) is 2.83. The van der Waals surface area contributed by atoms with Gasteiger partial charge in [-0.15, -0.1) is 11.3 Å². The van der Waals surface area contributed by atoms with Crippen molar-refractivity contribution in [1.29, 1.82) is 0 Å². The lowest BCUT2D eigenvalue weighted by molar-refractivity contribution is 0.221. The van der Waals surface area contributed by atoms with E-state index in [0.717, 1.165) is 6.54 Å². The summed E-state index contributed by atoms with van der Waals surface area (Å²) in [6.45, 7) is 11.2. The highest BCUT2D eigenvalue weighted by atomic mass is 32.1. The first kappa shape index (κ1) is 15.7. The molecular formula is C15H28N4S. The van der Waals surface area contributed by atoms with E-state index in [2.05, 4.69) is 47.9 Å². The molecule has 1 N–H and O–H groups in total. The second-order valence-electron chi connectivity index (χ2n) is 5.60. The number of aromatic nitrogens is 1. The van der Waals surface area contributed by atoms with E-state index in [9.17, 15) is 0 Å². The molecule has 1 saturated heterocycles. The Kier molecular flexibility index (Phi) is 5.81. The third-order valence-electron chi connectivity index (χ3n) is 4.30. The summed E-state index contributed by atoms with van der Waals surface area (Å²) in [7, 11) is 2.20. The summed E-state index contributed by atoms with van der Waals surface area (Å²) in [5, 5.41) is 4.62. The van der Waals surface area contributed by atoms with Gasteiger partial charge in [0.2, 0.25) is 0 Å². The normalized spacial score (nSPS) is 19.2. The first-order valence-corrected chi connectivity index (χ1v) is 8.61. The SMILES string of the molecule is CCNC(C)c1cnc(N(C)C2CCN(CC)CC2)s1. The van der Waals surface area contributed by atoms with E-state index in [4.69, 9.17) is 0 Å². The molecule has 4 nitrogen and oxygen atoms in total. The zero-order valence-corrected chi connectivity index (χ0v) is 14.0. The number of rotatable bonds is 6. The number of hydrogen-bond donors (Lipinski definition) is 1. The molecule has 1 aromatic heterocycles. The lowest BCUT2D eigenvalue weighted by Crippen LogP contribution is -2.43. The van der Waals surface area contributed by atoms with E-state index >= 15 is 0 Å². The maximum atomic E-state index is 4.62. The summed E-state index contributed by atoms with van der Waals surface area (Å²) in [6.07, 6.45) is 4.54. The van der Waals surface area contributed by atoms with Crippen molar-refractivity contribution >= 4 is 16.5 Å². The molecule has 1 fully saturated rings. The predicted molar refractivity (Wildman–Crippen MR) is 87.7 cm³/mol. The fraction of sp³-hybridized carbons (Fsp3) is 0.800. The Morgan fingerprint density at radius 2 is 2.15 bits per heavy atom. The van der Waals surface area contributed by atoms with E-state index in [1.165, 1.54) is 42.5 Å². The molecule has 20 heavy (non-hydrogen) atoms. The third-order valence-corrected chi connectivity index (χ3v) is 5.57. The molecule has 0 spiro atoms. The standard InChI is InChI=1S/C15H28N4S/c1-5-16-12(3)14-11-17-15(20-14)18(4)13-7-9-19(6-2)10-8-13/h11-13,16H,5-10H2,1-4H3. The van der Waals surface area contributed by atoms with Crippen molar-refractivity contribution in [3.8, 4) is 0 Å². The van der Waals surface area contributed by atoms with Crippen LogP contribution in [0.4, 0.5) is 5.13 Å². The van der Waals surface area contributed by atoms with Crippen molar-refractivity contribution in [2.75, 3.05) is 38.1 Å². The smallest absolute Gasteiger partial charge is 0.185 e. The summed E-state index contributed by atoms with van der Waals surface area (Å²) in [5.74, 6) is 0. The highest BCUT2D eigenvalue weighted by molar-refractivity contribution is 7.15. The zero-order chi connectivity index (χ0) is 14.5. The summed E-state index contributed by atoms with van der Waals surface area (Å²) in [6, 6.07) is 1.05. The number of thiazole rings is 1. The van der Waals surface area contributed by atoms with Gasteiger partial charge in [0.15, 0.2) is 5.13 Å². The van der Waals surface area contributed by atoms with E-state index in [1.54, 1.807) is 0 Å². The van der Waals surface area contributed by atoms with E-state index in [0.29, 0.717) is 12.1 Å². The molecule has 1 aliphatic rings. The maximum absolute atomic E-state index is 4.62. The van der Waals surface area contributed by atoms with Gasteiger partial charge < -0.3 is 15.1 Å². The molecule has 1 unspecified atom stereocenters. The quantitative estimate of drug-likeness (QED) is 0.874. The minimum atomic E-state index is 0.404. The summed E-state index contributed by atoms with van der Waals surface area (Å²) >= 11 is 1.83. The Labute approximate surface area is 127 Å². The Morgan fingerprint density at radius 1 is 1.45 bits per heavy atom.